The molecule has 0 spiro atoms. The van der Waals surface area contributed by atoms with Crippen molar-refractivity contribution in [1.29, 1.82) is 0 Å². The Bertz CT molecular complexity index is 250. The molecule has 1 atom stereocenters. The smallest absolute Gasteiger partial charge is 0.0484 e. The van der Waals surface area contributed by atoms with Crippen LogP contribution in [0.4, 0.5) is 0 Å². The molecule has 2 aliphatic rings. The van der Waals surface area contributed by atoms with Gasteiger partial charge in [0.2, 0.25) is 0 Å². The Balaban J connectivity index is 2.10. The van der Waals surface area contributed by atoms with Crippen molar-refractivity contribution >= 4 is 11.8 Å². The topological polar surface area (TPSA) is 38.5 Å². The molecule has 0 aromatic heterocycles. The van der Waals surface area contributed by atoms with Gasteiger partial charge >= 0.3 is 0 Å². The van der Waals surface area contributed by atoms with Gasteiger partial charge in [-0.15, -0.1) is 0 Å². The maximum absolute atomic E-state index is 6.12. The van der Waals surface area contributed by atoms with Crippen molar-refractivity contribution in [3.05, 3.63) is 0 Å². The van der Waals surface area contributed by atoms with Crippen molar-refractivity contribution in [3.8, 4) is 0 Å². The molecule has 2 heterocycles. The fraction of sp³-hybridized carbons (Fsp3) is 1.00. The molecule has 2 N–H and O–H groups in total. The van der Waals surface area contributed by atoms with E-state index in [1.807, 2.05) is 0 Å². The Morgan fingerprint density at radius 1 is 1.29 bits per heavy atom. The molecule has 3 nitrogen and oxygen atoms in total. The number of hydrogen-bond donors (Lipinski definition) is 1. The van der Waals surface area contributed by atoms with Crippen molar-refractivity contribution in [3.63, 3.8) is 0 Å². The van der Waals surface area contributed by atoms with Gasteiger partial charge in [0.15, 0.2) is 0 Å². The third-order valence-corrected chi connectivity index (χ3v) is 5.42. The molecule has 0 radical (unpaired) electrons. The standard InChI is InChI=1S/C13H26N2OS/c1-12(2)11-15(6-9-17-12)13(10-14)4-3-7-16-8-5-13/h3-11,14H2,1-2H3. The number of nitrogens with two attached hydrogens (primary N) is 1. The first-order valence-electron chi connectivity index (χ1n) is 6.75. The van der Waals surface area contributed by atoms with Crippen LogP contribution in [0.5, 0.6) is 0 Å². The summed E-state index contributed by atoms with van der Waals surface area (Å²) in [6, 6.07) is 0. The number of thioether (sulfide) groups is 1. The molecule has 0 aliphatic carbocycles. The van der Waals surface area contributed by atoms with Crippen LogP contribution in [-0.4, -0.2) is 53.8 Å². The lowest BCUT2D eigenvalue weighted by atomic mass is 9.87. The fourth-order valence-electron chi connectivity index (χ4n) is 3.06. The average molecular weight is 258 g/mol. The second-order valence-electron chi connectivity index (χ2n) is 5.92. The van der Waals surface area contributed by atoms with Crippen LogP contribution in [0.1, 0.15) is 33.1 Å². The summed E-state index contributed by atoms with van der Waals surface area (Å²) in [5.74, 6) is 1.23. The maximum atomic E-state index is 6.12. The quantitative estimate of drug-likeness (QED) is 0.818. The van der Waals surface area contributed by atoms with Crippen LogP contribution < -0.4 is 5.73 Å². The van der Waals surface area contributed by atoms with E-state index in [-0.39, 0.29) is 5.54 Å². The molecule has 1 unspecified atom stereocenters. The van der Waals surface area contributed by atoms with Gasteiger partial charge in [0.1, 0.15) is 0 Å². The highest BCUT2D eigenvalue weighted by Crippen LogP contribution is 2.36. The van der Waals surface area contributed by atoms with Gasteiger partial charge < -0.3 is 10.5 Å². The first-order valence-corrected chi connectivity index (χ1v) is 7.73. The average Bonchev–Trinajstić information content (AvgIpc) is 2.53. The number of hydrogen-bond acceptors (Lipinski definition) is 4. The van der Waals surface area contributed by atoms with Gasteiger partial charge in [-0.3, -0.25) is 4.90 Å². The third-order valence-electron chi connectivity index (χ3n) is 4.12. The lowest BCUT2D eigenvalue weighted by molar-refractivity contribution is 0.0629. The van der Waals surface area contributed by atoms with Crippen molar-refractivity contribution in [2.45, 2.75) is 43.4 Å². The van der Waals surface area contributed by atoms with Gasteiger partial charge in [-0.2, -0.15) is 11.8 Å². The normalized spacial score (nSPS) is 35.5. The predicted molar refractivity (Wildman–Crippen MR) is 74.6 cm³/mol. The van der Waals surface area contributed by atoms with Gasteiger partial charge in [0, 0.05) is 48.9 Å². The molecule has 4 heteroatoms. The van der Waals surface area contributed by atoms with E-state index >= 15 is 0 Å². The van der Waals surface area contributed by atoms with Crippen molar-refractivity contribution in [2.75, 3.05) is 38.6 Å². The van der Waals surface area contributed by atoms with Crippen LogP contribution in [0, 0.1) is 0 Å². The zero-order valence-corrected chi connectivity index (χ0v) is 12.0. The Hall–Kier alpha value is 0.230. The lowest BCUT2D eigenvalue weighted by Gasteiger charge is -2.49. The highest BCUT2D eigenvalue weighted by molar-refractivity contribution is 8.00. The Morgan fingerprint density at radius 3 is 2.82 bits per heavy atom. The first kappa shape index (κ1) is 13.7. The maximum Gasteiger partial charge on any atom is 0.0484 e. The van der Waals surface area contributed by atoms with Gasteiger partial charge in [0.25, 0.3) is 0 Å². The minimum atomic E-state index is 0.203. The van der Waals surface area contributed by atoms with Crippen molar-refractivity contribution in [2.24, 2.45) is 5.73 Å². The molecule has 2 aliphatic heterocycles. The summed E-state index contributed by atoms with van der Waals surface area (Å²) in [6.07, 6.45) is 3.45. The van der Waals surface area contributed by atoms with E-state index in [1.165, 1.54) is 18.7 Å². The van der Waals surface area contributed by atoms with E-state index < -0.39 is 0 Å². The monoisotopic (exact) mass is 258 g/mol. The van der Waals surface area contributed by atoms with Crippen LogP contribution in [0.25, 0.3) is 0 Å². The van der Waals surface area contributed by atoms with Crippen LogP contribution >= 0.6 is 11.8 Å². The molecule has 0 amide bonds. The highest BCUT2D eigenvalue weighted by Gasteiger charge is 2.40. The van der Waals surface area contributed by atoms with Crippen LogP contribution in [0.3, 0.4) is 0 Å². The molecule has 0 aromatic carbocycles. The van der Waals surface area contributed by atoms with E-state index in [1.54, 1.807) is 0 Å². The van der Waals surface area contributed by atoms with Gasteiger partial charge in [0.05, 0.1) is 0 Å². The molecular formula is C13H26N2OS. The summed E-state index contributed by atoms with van der Waals surface area (Å²) in [4.78, 5) is 2.65. The largest absolute Gasteiger partial charge is 0.381 e. The molecule has 17 heavy (non-hydrogen) atoms. The van der Waals surface area contributed by atoms with E-state index in [9.17, 15) is 0 Å². The summed E-state index contributed by atoms with van der Waals surface area (Å²) in [7, 11) is 0. The third kappa shape index (κ3) is 3.16. The second-order valence-corrected chi connectivity index (χ2v) is 7.73. The molecule has 2 saturated heterocycles. The molecular weight excluding hydrogens is 232 g/mol. The molecule has 2 rings (SSSR count). The molecule has 0 bridgehead atoms. The molecule has 0 saturated carbocycles. The van der Waals surface area contributed by atoms with Gasteiger partial charge in [-0.05, 0) is 33.1 Å². The van der Waals surface area contributed by atoms with Crippen molar-refractivity contribution in [1.82, 2.24) is 4.90 Å². The first-order chi connectivity index (χ1) is 8.08. The number of nitrogens with zero attached hydrogens (tertiary/aromatic N) is 1. The van der Waals surface area contributed by atoms with E-state index in [0.717, 1.165) is 39.1 Å². The SMILES string of the molecule is CC1(C)CN(C2(CN)CCCOCC2)CCS1. The van der Waals surface area contributed by atoms with Crippen LogP contribution in [0.2, 0.25) is 0 Å². The summed E-state index contributed by atoms with van der Waals surface area (Å²) >= 11 is 2.09. The summed E-state index contributed by atoms with van der Waals surface area (Å²) in [5, 5.41) is 0. The van der Waals surface area contributed by atoms with E-state index in [0.29, 0.717) is 4.75 Å². The zero-order chi connectivity index (χ0) is 12.4. The van der Waals surface area contributed by atoms with Crippen LogP contribution in [-0.2, 0) is 4.74 Å². The summed E-state index contributed by atoms with van der Waals surface area (Å²) in [6.45, 7) is 9.61. The van der Waals surface area contributed by atoms with Crippen molar-refractivity contribution < 1.29 is 4.74 Å². The van der Waals surface area contributed by atoms with Crippen LogP contribution in [0.15, 0.2) is 0 Å². The Kier molecular flexibility index (Phi) is 4.40. The summed E-state index contributed by atoms with van der Waals surface area (Å²) < 4.78 is 5.98. The zero-order valence-electron chi connectivity index (χ0n) is 11.2. The van der Waals surface area contributed by atoms with E-state index in [2.05, 4.69) is 30.5 Å². The second kappa shape index (κ2) is 5.47. The van der Waals surface area contributed by atoms with Gasteiger partial charge in [-0.1, -0.05) is 0 Å². The Labute approximate surface area is 109 Å². The predicted octanol–water partition coefficient (Wildman–Crippen LogP) is 1.71. The molecule has 2 fully saturated rings. The minimum Gasteiger partial charge on any atom is -0.381 e. The molecule has 100 valence electrons. The number of rotatable bonds is 2. The number of ether oxygens (including phenoxy) is 1. The Morgan fingerprint density at radius 2 is 2.12 bits per heavy atom. The van der Waals surface area contributed by atoms with Gasteiger partial charge in [-0.25, -0.2) is 0 Å². The lowest BCUT2D eigenvalue weighted by Crippen LogP contribution is -2.59. The molecule has 0 aromatic rings. The minimum absolute atomic E-state index is 0.203. The fourth-order valence-corrected chi connectivity index (χ4v) is 4.17. The highest BCUT2D eigenvalue weighted by atomic mass is 32.2. The van der Waals surface area contributed by atoms with E-state index in [4.69, 9.17) is 10.5 Å². The summed E-state index contributed by atoms with van der Waals surface area (Å²) in [5.41, 5.74) is 6.33.